The van der Waals surface area contributed by atoms with Crippen LogP contribution in [0.2, 0.25) is 0 Å². The summed E-state index contributed by atoms with van der Waals surface area (Å²) in [6, 6.07) is 24.7. The van der Waals surface area contributed by atoms with E-state index in [1.54, 1.807) is 0 Å². The monoisotopic (exact) mass is 424 g/mol. The first-order valence-corrected chi connectivity index (χ1v) is 10.7. The maximum Gasteiger partial charge on any atom is 0.241 e. The summed E-state index contributed by atoms with van der Waals surface area (Å²) in [6.45, 7) is 7.26. The van der Waals surface area contributed by atoms with E-state index in [2.05, 4.69) is 77.7 Å². The molecule has 0 aliphatic rings. The molecule has 0 spiro atoms. The molecule has 0 bridgehead atoms. The molecule has 0 amide bonds. The van der Waals surface area contributed by atoms with Gasteiger partial charge in [-0.3, -0.25) is 4.99 Å². The van der Waals surface area contributed by atoms with Crippen LogP contribution in [0.5, 0.6) is 5.88 Å². The molecule has 1 heterocycles. The number of H-pyrrole nitrogens is 1. The summed E-state index contributed by atoms with van der Waals surface area (Å²) in [4.78, 5) is 12.4. The van der Waals surface area contributed by atoms with Crippen molar-refractivity contribution in [2.75, 3.05) is 0 Å². The van der Waals surface area contributed by atoms with E-state index in [0.29, 0.717) is 30.4 Å². The number of nitrogens with one attached hydrogen (secondary N) is 2. The molecule has 0 aliphatic heterocycles. The molecule has 0 saturated heterocycles. The number of hydrogen-bond donors (Lipinski definition) is 3. The van der Waals surface area contributed by atoms with E-state index in [9.17, 15) is 5.11 Å². The molecule has 0 radical (unpaired) electrons. The van der Waals surface area contributed by atoms with Gasteiger partial charge in [0.25, 0.3) is 0 Å². The van der Waals surface area contributed by atoms with Crippen LogP contribution < -0.4 is 5.32 Å². The normalized spacial score (nSPS) is 11.5. The minimum Gasteiger partial charge on any atom is -0.492 e. The topological polar surface area (TPSA) is 73.3 Å². The molecule has 5 heteroatoms. The zero-order valence-electron chi connectivity index (χ0n) is 18.7. The minimum atomic E-state index is -0.0698. The van der Waals surface area contributed by atoms with Crippen LogP contribution in [0, 0.1) is 20.8 Å². The van der Waals surface area contributed by atoms with Crippen molar-refractivity contribution < 1.29 is 5.11 Å². The third-order valence-electron chi connectivity index (χ3n) is 5.37. The second kappa shape index (κ2) is 9.52. The second-order valence-corrected chi connectivity index (χ2v) is 8.14. The van der Waals surface area contributed by atoms with E-state index in [1.807, 2.05) is 31.2 Å². The van der Waals surface area contributed by atoms with Gasteiger partial charge >= 0.3 is 0 Å². The van der Waals surface area contributed by atoms with E-state index in [1.165, 1.54) is 16.7 Å². The number of rotatable bonds is 6. The minimum absolute atomic E-state index is 0.0698. The molecular formula is C27H28N4O. The van der Waals surface area contributed by atoms with E-state index in [4.69, 9.17) is 4.99 Å². The van der Waals surface area contributed by atoms with Crippen LogP contribution in [-0.4, -0.2) is 20.9 Å². The van der Waals surface area contributed by atoms with Crippen molar-refractivity contribution in [1.82, 2.24) is 15.3 Å². The van der Waals surface area contributed by atoms with Gasteiger partial charge in [-0.15, -0.1) is 0 Å². The number of aryl methyl sites for hydroxylation is 3. The lowest BCUT2D eigenvalue weighted by Gasteiger charge is -2.10. The van der Waals surface area contributed by atoms with E-state index < -0.39 is 0 Å². The summed E-state index contributed by atoms with van der Waals surface area (Å²) < 4.78 is 0. The number of nitrogens with zero attached hydrogens (tertiary/aromatic N) is 2. The van der Waals surface area contributed by atoms with Crippen molar-refractivity contribution in [1.29, 1.82) is 0 Å². The highest BCUT2D eigenvalue weighted by Gasteiger charge is 2.16. The molecule has 3 N–H and O–H groups in total. The largest absolute Gasteiger partial charge is 0.492 e. The van der Waals surface area contributed by atoms with Crippen LogP contribution in [0.1, 0.15) is 33.5 Å². The maximum absolute atomic E-state index is 10.6. The number of aromatic hydroxyl groups is 1. The summed E-state index contributed by atoms with van der Waals surface area (Å²) in [6.07, 6.45) is 0. The van der Waals surface area contributed by atoms with Gasteiger partial charge in [0.2, 0.25) is 5.88 Å². The standard InChI is InChI=1S/C27H28N4O/c1-18-4-10-21(11-5-18)16-28-26(29-17-22-12-6-19(2)7-13-22)24-27(32)31-25(30-24)23-14-8-20(3)9-15-23/h4-15,32H,16-17H2,1-3H3,(H,28,29)(H,30,31). The highest BCUT2D eigenvalue weighted by molar-refractivity contribution is 5.99. The lowest BCUT2D eigenvalue weighted by Crippen LogP contribution is -2.25. The lowest BCUT2D eigenvalue weighted by atomic mass is 10.1. The van der Waals surface area contributed by atoms with Crippen molar-refractivity contribution in [3.8, 4) is 17.3 Å². The predicted octanol–water partition coefficient (Wildman–Crippen LogP) is 5.44. The van der Waals surface area contributed by atoms with Gasteiger partial charge in [-0.25, -0.2) is 0 Å². The maximum atomic E-state index is 10.6. The Morgan fingerprint density at radius 1 is 0.812 bits per heavy atom. The fourth-order valence-electron chi connectivity index (χ4n) is 3.36. The van der Waals surface area contributed by atoms with Gasteiger partial charge in [-0.05, 0) is 31.9 Å². The Morgan fingerprint density at radius 3 is 1.94 bits per heavy atom. The predicted molar refractivity (Wildman–Crippen MR) is 130 cm³/mol. The third-order valence-corrected chi connectivity index (χ3v) is 5.37. The van der Waals surface area contributed by atoms with E-state index >= 15 is 0 Å². The summed E-state index contributed by atoms with van der Waals surface area (Å²) in [5, 5.41) is 14.0. The number of imidazole rings is 1. The van der Waals surface area contributed by atoms with Gasteiger partial charge in [0.1, 0.15) is 11.5 Å². The Balaban J connectivity index is 1.63. The number of hydrogen-bond acceptors (Lipinski definition) is 3. The van der Waals surface area contributed by atoms with Gasteiger partial charge < -0.3 is 15.4 Å². The van der Waals surface area contributed by atoms with Gasteiger partial charge in [0.05, 0.1) is 6.54 Å². The fourth-order valence-corrected chi connectivity index (χ4v) is 3.36. The third kappa shape index (κ3) is 5.24. The lowest BCUT2D eigenvalue weighted by molar-refractivity contribution is 0.455. The number of aromatic nitrogens is 2. The summed E-state index contributed by atoms with van der Waals surface area (Å²) in [5.74, 6) is 1.12. The average molecular weight is 425 g/mol. The molecule has 4 rings (SSSR count). The van der Waals surface area contributed by atoms with Gasteiger partial charge in [0.15, 0.2) is 5.84 Å². The molecule has 0 fully saturated rings. The van der Waals surface area contributed by atoms with Crippen molar-refractivity contribution in [3.05, 3.63) is 106 Å². The number of aromatic amines is 1. The Labute approximate surface area is 188 Å². The van der Waals surface area contributed by atoms with Crippen LogP contribution in [0.4, 0.5) is 0 Å². The SMILES string of the molecule is Cc1ccc(CN=C(NCc2ccc(C)cc2)c2[nH]c(-c3ccc(C)cc3)nc2O)cc1. The molecular weight excluding hydrogens is 396 g/mol. The molecule has 0 unspecified atom stereocenters. The molecule has 32 heavy (non-hydrogen) atoms. The Kier molecular flexibility index (Phi) is 6.36. The molecule has 0 saturated carbocycles. The first kappa shape index (κ1) is 21.4. The quantitative estimate of drug-likeness (QED) is 0.285. The molecule has 0 atom stereocenters. The smallest absolute Gasteiger partial charge is 0.241 e. The highest BCUT2D eigenvalue weighted by atomic mass is 16.3. The molecule has 0 aliphatic carbocycles. The molecule has 3 aromatic carbocycles. The number of amidine groups is 1. The molecule has 1 aromatic heterocycles. The van der Waals surface area contributed by atoms with E-state index in [-0.39, 0.29) is 5.88 Å². The van der Waals surface area contributed by atoms with Crippen molar-refractivity contribution in [2.45, 2.75) is 33.9 Å². The molecule has 5 nitrogen and oxygen atoms in total. The van der Waals surface area contributed by atoms with Crippen LogP contribution in [-0.2, 0) is 13.1 Å². The van der Waals surface area contributed by atoms with Crippen LogP contribution >= 0.6 is 0 Å². The zero-order chi connectivity index (χ0) is 22.5. The highest BCUT2D eigenvalue weighted by Crippen LogP contribution is 2.23. The fraction of sp³-hybridized carbons (Fsp3) is 0.185. The van der Waals surface area contributed by atoms with Crippen molar-refractivity contribution in [3.63, 3.8) is 0 Å². The summed E-state index contributed by atoms with van der Waals surface area (Å²) in [7, 11) is 0. The van der Waals surface area contributed by atoms with Crippen molar-refractivity contribution >= 4 is 5.84 Å². The van der Waals surface area contributed by atoms with E-state index in [0.717, 1.165) is 16.7 Å². The summed E-state index contributed by atoms with van der Waals surface area (Å²) >= 11 is 0. The van der Waals surface area contributed by atoms with Gasteiger partial charge in [-0.1, -0.05) is 89.5 Å². The van der Waals surface area contributed by atoms with Gasteiger partial charge in [-0.2, -0.15) is 4.98 Å². The van der Waals surface area contributed by atoms with Crippen LogP contribution in [0.3, 0.4) is 0 Å². The Hall–Kier alpha value is -3.86. The Morgan fingerprint density at radius 2 is 1.34 bits per heavy atom. The molecule has 4 aromatic rings. The molecule has 162 valence electrons. The Bertz CT molecular complexity index is 1200. The van der Waals surface area contributed by atoms with Crippen molar-refractivity contribution in [2.24, 2.45) is 4.99 Å². The first-order valence-electron chi connectivity index (χ1n) is 10.7. The summed E-state index contributed by atoms with van der Waals surface area (Å²) in [5.41, 5.74) is 7.23. The average Bonchev–Trinajstić information content (AvgIpc) is 3.18. The first-order chi connectivity index (χ1) is 15.5. The number of benzene rings is 3. The van der Waals surface area contributed by atoms with Gasteiger partial charge in [0, 0.05) is 12.1 Å². The van der Waals surface area contributed by atoms with Crippen LogP contribution in [0.25, 0.3) is 11.4 Å². The van der Waals surface area contributed by atoms with Crippen LogP contribution in [0.15, 0.2) is 77.8 Å². The zero-order valence-corrected chi connectivity index (χ0v) is 18.7. The number of aliphatic imine (C=N–C) groups is 1. The second-order valence-electron chi connectivity index (χ2n) is 8.14.